The highest BCUT2D eigenvalue weighted by Crippen LogP contribution is 2.27. The lowest BCUT2D eigenvalue weighted by atomic mass is 10.1. The third-order valence-electron chi connectivity index (χ3n) is 7.26. The minimum Gasteiger partial charge on any atom is -0.369 e. The summed E-state index contributed by atoms with van der Waals surface area (Å²) in [7, 11) is -3.66. The number of aromatic nitrogens is 4. The number of para-hydroxylation sites is 1. The third-order valence-corrected chi connectivity index (χ3v) is 9.31. The maximum Gasteiger partial charge on any atom is 0.253 e. The Hall–Kier alpha value is -4.29. The van der Waals surface area contributed by atoms with Crippen molar-refractivity contribution in [1.82, 2.24) is 29.6 Å². The first kappa shape index (κ1) is 26.9. The zero-order chi connectivity index (χ0) is 28.7. The van der Waals surface area contributed by atoms with E-state index < -0.39 is 21.2 Å². The van der Waals surface area contributed by atoms with Crippen molar-refractivity contribution in [3.8, 4) is 11.3 Å². The second-order valence-corrected chi connectivity index (χ2v) is 12.7. The average Bonchev–Trinajstić information content (AvgIpc) is 3.57. The number of imidazole rings is 1. The number of fused-ring (bicyclic) bond motifs is 2. The van der Waals surface area contributed by atoms with Crippen molar-refractivity contribution in [2.75, 3.05) is 31.1 Å². The Labute approximate surface area is 236 Å². The van der Waals surface area contributed by atoms with Gasteiger partial charge in [0.15, 0.2) is 5.65 Å². The van der Waals surface area contributed by atoms with Gasteiger partial charge in [-0.3, -0.25) is 4.79 Å². The van der Waals surface area contributed by atoms with Gasteiger partial charge in [-0.1, -0.05) is 18.2 Å². The Balaban J connectivity index is 1.23. The molecule has 1 aliphatic rings. The van der Waals surface area contributed by atoms with E-state index in [1.807, 2.05) is 18.2 Å². The number of hydrogen-bond donors (Lipinski definition) is 3. The SMILES string of the molecule is CC(C)S(=O)(=O)n1cc(C(=O)NCc2nc3nc(-c4cc(F)cc(N5CCNCC5)c4)ccc3[nH]2)c2ccccc21. The highest BCUT2D eigenvalue weighted by atomic mass is 32.2. The second-order valence-electron chi connectivity index (χ2n) is 10.3. The van der Waals surface area contributed by atoms with Gasteiger partial charge in [0.25, 0.3) is 5.91 Å². The highest BCUT2D eigenvalue weighted by molar-refractivity contribution is 7.90. The van der Waals surface area contributed by atoms with Gasteiger partial charge in [-0.05, 0) is 50.2 Å². The Morgan fingerprint density at radius 2 is 1.85 bits per heavy atom. The number of piperazine rings is 1. The number of halogens is 1. The van der Waals surface area contributed by atoms with Crippen LogP contribution in [0.1, 0.15) is 30.0 Å². The van der Waals surface area contributed by atoms with Crippen LogP contribution >= 0.6 is 0 Å². The lowest BCUT2D eigenvalue weighted by Gasteiger charge is -2.29. The summed E-state index contributed by atoms with van der Waals surface area (Å²) in [6.07, 6.45) is 1.37. The maximum absolute atomic E-state index is 14.5. The Morgan fingerprint density at radius 3 is 2.63 bits per heavy atom. The largest absolute Gasteiger partial charge is 0.369 e. The molecule has 0 bridgehead atoms. The summed E-state index contributed by atoms with van der Waals surface area (Å²) in [6.45, 7) is 6.59. The van der Waals surface area contributed by atoms with Crippen LogP contribution in [0.3, 0.4) is 0 Å². The molecule has 0 spiro atoms. The predicted molar refractivity (Wildman–Crippen MR) is 157 cm³/mol. The smallest absolute Gasteiger partial charge is 0.253 e. The number of H-pyrrole nitrogens is 1. The van der Waals surface area contributed by atoms with Gasteiger partial charge in [-0.25, -0.2) is 26.7 Å². The third kappa shape index (κ3) is 5.16. The Morgan fingerprint density at radius 1 is 1.07 bits per heavy atom. The fourth-order valence-corrected chi connectivity index (χ4v) is 6.18. The number of nitrogens with one attached hydrogen (secondary N) is 3. The standard InChI is InChI=1S/C29H30FN7O3S/c1-18(2)41(39,40)37-17-23(22-5-3-4-6-26(22)37)29(38)32-16-27-33-25-8-7-24(34-28(25)35-27)19-13-20(30)15-21(14-19)36-11-9-31-10-12-36/h3-8,13-15,17-18,31H,9-12,16H2,1-2H3,(H,32,38)(H,33,34,35). The molecule has 1 amide bonds. The van der Waals surface area contributed by atoms with E-state index >= 15 is 0 Å². The molecule has 2 aromatic carbocycles. The van der Waals surface area contributed by atoms with Crippen LogP contribution in [0, 0.1) is 5.82 Å². The number of pyridine rings is 1. The van der Waals surface area contributed by atoms with Crippen LogP contribution in [-0.2, 0) is 16.6 Å². The van der Waals surface area contributed by atoms with Gasteiger partial charge in [0.05, 0.1) is 34.1 Å². The molecule has 5 aromatic rings. The van der Waals surface area contributed by atoms with Crippen molar-refractivity contribution < 1.29 is 17.6 Å². The molecule has 4 heterocycles. The number of hydrogen-bond acceptors (Lipinski definition) is 7. The molecule has 3 N–H and O–H groups in total. The van der Waals surface area contributed by atoms with E-state index in [-0.39, 0.29) is 17.9 Å². The lowest BCUT2D eigenvalue weighted by molar-refractivity contribution is 0.0951. The van der Waals surface area contributed by atoms with Crippen LogP contribution in [0.4, 0.5) is 10.1 Å². The Kier molecular flexibility index (Phi) is 6.96. The van der Waals surface area contributed by atoms with E-state index in [2.05, 4.69) is 30.5 Å². The molecule has 1 fully saturated rings. The normalized spacial score (nSPS) is 14.3. The topological polar surface area (TPSA) is 125 Å². The summed E-state index contributed by atoms with van der Waals surface area (Å²) in [5, 5.41) is 6.03. The number of rotatable bonds is 7. The lowest BCUT2D eigenvalue weighted by Crippen LogP contribution is -2.43. The molecule has 6 rings (SSSR count). The molecule has 0 aliphatic carbocycles. The predicted octanol–water partition coefficient (Wildman–Crippen LogP) is 3.64. The molecule has 212 valence electrons. The van der Waals surface area contributed by atoms with Crippen LogP contribution in [0.5, 0.6) is 0 Å². The van der Waals surface area contributed by atoms with Gasteiger partial charge in [0.2, 0.25) is 10.0 Å². The number of carbonyl (C=O) groups is 1. The second kappa shape index (κ2) is 10.6. The molecule has 0 radical (unpaired) electrons. The zero-order valence-electron chi connectivity index (χ0n) is 22.7. The molecule has 1 aliphatic heterocycles. The quantitative estimate of drug-likeness (QED) is 0.271. The van der Waals surface area contributed by atoms with Crippen molar-refractivity contribution in [3.63, 3.8) is 0 Å². The fourth-order valence-electron chi connectivity index (χ4n) is 5.04. The van der Waals surface area contributed by atoms with Gasteiger partial charge in [0.1, 0.15) is 11.6 Å². The fraction of sp³-hybridized carbons (Fsp3) is 0.276. The molecule has 0 saturated carbocycles. The van der Waals surface area contributed by atoms with Crippen LogP contribution in [0.15, 0.2) is 60.8 Å². The van der Waals surface area contributed by atoms with Gasteiger partial charge in [-0.15, -0.1) is 0 Å². The van der Waals surface area contributed by atoms with Crippen LogP contribution in [-0.4, -0.2) is 64.7 Å². The summed E-state index contributed by atoms with van der Waals surface area (Å²) >= 11 is 0. The molecule has 41 heavy (non-hydrogen) atoms. The first-order chi connectivity index (χ1) is 19.7. The number of benzene rings is 2. The minimum absolute atomic E-state index is 0.0775. The van der Waals surface area contributed by atoms with E-state index in [0.29, 0.717) is 39.1 Å². The van der Waals surface area contributed by atoms with Crippen LogP contribution < -0.4 is 15.5 Å². The summed E-state index contributed by atoms with van der Waals surface area (Å²) in [4.78, 5) is 27.7. The van der Waals surface area contributed by atoms with Crippen molar-refractivity contribution in [2.45, 2.75) is 25.6 Å². The number of anilines is 1. The summed E-state index contributed by atoms with van der Waals surface area (Å²) in [5.41, 5.74) is 3.89. The van der Waals surface area contributed by atoms with Gasteiger partial charge in [0, 0.05) is 49.0 Å². The van der Waals surface area contributed by atoms with Crippen LogP contribution in [0.2, 0.25) is 0 Å². The van der Waals surface area contributed by atoms with Gasteiger partial charge < -0.3 is 20.5 Å². The summed E-state index contributed by atoms with van der Waals surface area (Å²) in [6, 6.07) is 15.5. The summed E-state index contributed by atoms with van der Waals surface area (Å²) < 4.78 is 41.5. The molecule has 12 heteroatoms. The number of aromatic amines is 1. The van der Waals surface area contributed by atoms with Gasteiger partial charge >= 0.3 is 0 Å². The van der Waals surface area contributed by atoms with E-state index in [1.54, 1.807) is 44.2 Å². The van der Waals surface area contributed by atoms with Gasteiger partial charge in [-0.2, -0.15) is 0 Å². The molecular formula is C29H30FN7O3S. The zero-order valence-corrected chi connectivity index (χ0v) is 23.5. The number of amides is 1. The average molecular weight is 576 g/mol. The van der Waals surface area contributed by atoms with Crippen molar-refractivity contribution in [3.05, 3.63) is 78.0 Å². The minimum atomic E-state index is -3.66. The van der Waals surface area contributed by atoms with E-state index in [0.717, 1.165) is 31.9 Å². The number of nitrogens with zero attached hydrogens (tertiary/aromatic N) is 4. The molecule has 3 aromatic heterocycles. The highest BCUT2D eigenvalue weighted by Gasteiger charge is 2.24. The molecule has 0 atom stereocenters. The van der Waals surface area contributed by atoms with Crippen LogP contribution in [0.25, 0.3) is 33.3 Å². The Bertz CT molecular complexity index is 1870. The van der Waals surface area contributed by atoms with E-state index in [4.69, 9.17) is 0 Å². The molecular weight excluding hydrogens is 545 g/mol. The molecule has 1 saturated heterocycles. The molecule has 10 nitrogen and oxygen atoms in total. The molecule has 0 unspecified atom stereocenters. The van der Waals surface area contributed by atoms with Crippen molar-refractivity contribution in [2.24, 2.45) is 0 Å². The maximum atomic E-state index is 14.5. The first-order valence-corrected chi connectivity index (χ1v) is 15.0. The van der Waals surface area contributed by atoms with Crippen molar-refractivity contribution >= 4 is 43.7 Å². The first-order valence-electron chi connectivity index (χ1n) is 13.5. The van der Waals surface area contributed by atoms with E-state index in [9.17, 15) is 17.6 Å². The van der Waals surface area contributed by atoms with Crippen molar-refractivity contribution in [1.29, 1.82) is 0 Å². The summed E-state index contributed by atoms with van der Waals surface area (Å²) in [5.74, 6) is -0.267. The monoisotopic (exact) mass is 575 g/mol. The number of carbonyl (C=O) groups excluding carboxylic acids is 1. The van der Waals surface area contributed by atoms with E-state index in [1.165, 1.54) is 16.2 Å².